The van der Waals surface area contributed by atoms with E-state index in [9.17, 15) is 9.32 Å². The molecule has 1 rings (SSSR count). The van der Waals surface area contributed by atoms with E-state index in [2.05, 4.69) is 9.97 Å². The van der Waals surface area contributed by atoms with E-state index < -0.39 is 22.3 Å². The van der Waals surface area contributed by atoms with Gasteiger partial charge in [-0.3, -0.25) is 10.1 Å². The van der Waals surface area contributed by atoms with Crippen molar-refractivity contribution in [2.75, 3.05) is 7.11 Å². The summed E-state index contributed by atoms with van der Waals surface area (Å²) in [5.74, 6) is 0.354. The van der Waals surface area contributed by atoms with Crippen molar-refractivity contribution in [1.82, 2.24) is 9.97 Å². The summed E-state index contributed by atoms with van der Waals surface area (Å²) in [5, 5.41) is 14.3. The SMILES string of the molecule is COc1cnc([C@H](O)[C@H](C)S(N)=O)cn1. The van der Waals surface area contributed by atoms with Gasteiger partial charge in [-0.25, -0.2) is 9.19 Å². The van der Waals surface area contributed by atoms with Gasteiger partial charge in [0, 0.05) is 0 Å². The highest BCUT2D eigenvalue weighted by molar-refractivity contribution is 7.83. The van der Waals surface area contributed by atoms with Crippen molar-refractivity contribution in [3.05, 3.63) is 18.1 Å². The molecule has 15 heavy (non-hydrogen) atoms. The van der Waals surface area contributed by atoms with Gasteiger partial charge in [0.2, 0.25) is 5.88 Å². The Balaban J connectivity index is 2.82. The van der Waals surface area contributed by atoms with Crippen molar-refractivity contribution in [2.24, 2.45) is 5.14 Å². The van der Waals surface area contributed by atoms with E-state index in [-0.39, 0.29) is 0 Å². The van der Waals surface area contributed by atoms with E-state index in [0.29, 0.717) is 11.6 Å². The van der Waals surface area contributed by atoms with Gasteiger partial charge in [0.25, 0.3) is 0 Å². The minimum Gasteiger partial charge on any atom is -0.480 e. The minimum absolute atomic E-state index is 0.321. The van der Waals surface area contributed by atoms with Gasteiger partial charge in [0.05, 0.1) is 41.4 Å². The van der Waals surface area contributed by atoms with Crippen LogP contribution in [0.1, 0.15) is 18.7 Å². The monoisotopic (exact) mass is 231 g/mol. The summed E-state index contributed by atoms with van der Waals surface area (Å²) in [5.41, 5.74) is 0.321. The highest BCUT2D eigenvalue weighted by Gasteiger charge is 2.21. The molecule has 0 aromatic carbocycles. The van der Waals surface area contributed by atoms with Gasteiger partial charge in [-0.15, -0.1) is 0 Å². The quantitative estimate of drug-likeness (QED) is 0.730. The molecule has 1 heterocycles. The van der Waals surface area contributed by atoms with Gasteiger partial charge in [-0.2, -0.15) is 0 Å². The Hall–Kier alpha value is -1.05. The molecule has 3 N–H and O–H groups in total. The summed E-state index contributed by atoms with van der Waals surface area (Å²) in [7, 11) is -0.127. The molecule has 0 aliphatic heterocycles. The first-order valence-corrected chi connectivity index (χ1v) is 5.53. The predicted octanol–water partition coefficient (Wildman–Crippen LogP) is -0.471. The average Bonchev–Trinajstić information content (AvgIpc) is 2.27. The molecule has 6 nitrogen and oxygen atoms in total. The fourth-order valence-electron chi connectivity index (χ4n) is 0.952. The van der Waals surface area contributed by atoms with Crippen LogP contribution in [0.2, 0.25) is 0 Å². The Morgan fingerprint density at radius 1 is 1.53 bits per heavy atom. The van der Waals surface area contributed by atoms with Crippen molar-refractivity contribution in [2.45, 2.75) is 18.3 Å². The van der Waals surface area contributed by atoms with Crippen LogP contribution in [0.25, 0.3) is 0 Å². The zero-order valence-electron chi connectivity index (χ0n) is 8.45. The largest absolute Gasteiger partial charge is 0.480 e. The number of nitrogens with zero attached hydrogens (tertiary/aromatic N) is 2. The number of hydrogen-bond acceptors (Lipinski definition) is 5. The van der Waals surface area contributed by atoms with E-state index in [1.807, 2.05) is 0 Å². The van der Waals surface area contributed by atoms with Crippen molar-refractivity contribution in [1.29, 1.82) is 0 Å². The first kappa shape index (κ1) is 12.0. The van der Waals surface area contributed by atoms with Gasteiger partial charge in [0.15, 0.2) is 0 Å². The normalized spacial score (nSPS) is 16.8. The van der Waals surface area contributed by atoms with Gasteiger partial charge in [-0.1, -0.05) is 0 Å². The maximum absolute atomic E-state index is 10.9. The Morgan fingerprint density at radius 3 is 2.60 bits per heavy atom. The molecule has 84 valence electrons. The van der Waals surface area contributed by atoms with E-state index in [4.69, 9.17) is 9.88 Å². The molecule has 0 bridgehead atoms. The summed E-state index contributed by atoms with van der Waals surface area (Å²) in [6.07, 6.45) is 1.76. The second-order valence-corrected chi connectivity index (χ2v) is 4.36. The van der Waals surface area contributed by atoms with Gasteiger partial charge < -0.3 is 9.84 Å². The molecule has 7 heteroatoms. The van der Waals surface area contributed by atoms with Gasteiger partial charge in [-0.05, 0) is 6.92 Å². The predicted molar refractivity (Wildman–Crippen MR) is 55.3 cm³/mol. The number of ether oxygens (including phenoxy) is 1. The molecule has 0 saturated heterocycles. The molecule has 0 aliphatic carbocycles. The second-order valence-electron chi connectivity index (χ2n) is 2.96. The topological polar surface area (TPSA) is 98.3 Å². The molecule has 0 spiro atoms. The first-order valence-electron chi connectivity index (χ1n) is 4.25. The zero-order chi connectivity index (χ0) is 11.4. The van der Waals surface area contributed by atoms with Crippen LogP contribution in [-0.4, -0.2) is 31.6 Å². The first-order chi connectivity index (χ1) is 7.06. The number of aromatic nitrogens is 2. The maximum atomic E-state index is 10.9. The summed E-state index contributed by atoms with van der Waals surface area (Å²) in [6.45, 7) is 1.58. The molecule has 0 amide bonds. The highest BCUT2D eigenvalue weighted by atomic mass is 32.2. The highest BCUT2D eigenvalue weighted by Crippen LogP contribution is 2.17. The number of rotatable bonds is 4. The lowest BCUT2D eigenvalue weighted by molar-refractivity contribution is 0.172. The number of aliphatic hydroxyl groups excluding tert-OH is 1. The molecular weight excluding hydrogens is 218 g/mol. The van der Waals surface area contributed by atoms with Crippen molar-refractivity contribution in [3.63, 3.8) is 0 Å². The Labute approximate surface area is 90.1 Å². The van der Waals surface area contributed by atoms with Crippen LogP contribution in [0, 0.1) is 0 Å². The lowest BCUT2D eigenvalue weighted by atomic mass is 10.2. The lowest BCUT2D eigenvalue weighted by Gasteiger charge is -2.14. The molecule has 0 aliphatic rings. The van der Waals surface area contributed by atoms with E-state index >= 15 is 0 Å². The third-order valence-corrected chi connectivity index (χ3v) is 2.96. The lowest BCUT2D eigenvalue weighted by Crippen LogP contribution is -2.26. The number of nitrogens with two attached hydrogens (primary N) is 1. The van der Waals surface area contributed by atoms with Crippen molar-refractivity contribution < 1.29 is 14.1 Å². The molecule has 0 saturated carbocycles. The van der Waals surface area contributed by atoms with E-state index in [1.54, 1.807) is 6.92 Å². The summed E-state index contributed by atoms with van der Waals surface area (Å²) >= 11 is 0. The molecular formula is C8H13N3O3S. The van der Waals surface area contributed by atoms with Crippen LogP contribution < -0.4 is 9.88 Å². The Bertz CT molecular complexity index is 343. The molecule has 1 aromatic heterocycles. The average molecular weight is 231 g/mol. The molecule has 0 radical (unpaired) electrons. The standard InChI is InChI=1S/C8H13N3O3S/c1-5(15(9)13)8(12)6-3-11-7(14-2)4-10-6/h3-5,8,12H,9H2,1-2H3/t5-,8+,15?/m0/s1. The van der Waals surface area contributed by atoms with Crippen LogP contribution in [0.15, 0.2) is 12.4 Å². The smallest absolute Gasteiger partial charge is 0.231 e. The third kappa shape index (κ3) is 2.95. The van der Waals surface area contributed by atoms with Crippen LogP contribution in [0.5, 0.6) is 5.88 Å². The molecule has 0 fully saturated rings. The van der Waals surface area contributed by atoms with E-state index in [0.717, 1.165) is 0 Å². The fourth-order valence-corrected chi connectivity index (χ4v) is 1.35. The summed E-state index contributed by atoms with van der Waals surface area (Å²) in [6, 6.07) is 0. The Morgan fingerprint density at radius 2 is 2.20 bits per heavy atom. The summed E-state index contributed by atoms with van der Waals surface area (Å²) in [4.78, 5) is 7.80. The maximum Gasteiger partial charge on any atom is 0.231 e. The number of aliphatic hydroxyl groups is 1. The second kappa shape index (κ2) is 5.15. The zero-order valence-corrected chi connectivity index (χ0v) is 9.27. The molecule has 3 atom stereocenters. The third-order valence-electron chi connectivity index (χ3n) is 1.97. The minimum atomic E-state index is -1.60. The van der Waals surface area contributed by atoms with Crippen LogP contribution in [-0.2, 0) is 11.0 Å². The number of hydrogen-bond donors (Lipinski definition) is 2. The van der Waals surface area contributed by atoms with Gasteiger partial charge >= 0.3 is 0 Å². The van der Waals surface area contributed by atoms with Crippen LogP contribution >= 0.6 is 0 Å². The number of methoxy groups -OCH3 is 1. The van der Waals surface area contributed by atoms with Crippen LogP contribution in [0.3, 0.4) is 0 Å². The molecule has 1 unspecified atom stereocenters. The van der Waals surface area contributed by atoms with E-state index in [1.165, 1.54) is 19.5 Å². The summed E-state index contributed by atoms with van der Waals surface area (Å²) < 4.78 is 15.8. The Kier molecular flexibility index (Phi) is 4.13. The van der Waals surface area contributed by atoms with Crippen LogP contribution in [0.4, 0.5) is 0 Å². The van der Waals surface area contributed by atoms with Crippen molar-refractivity contribution >= 4 is 11.0 Å². The van der Waals surface area contributed by atoms with Crippen molar-refractivity contribution in [3.8, 4) is 5.88 Å². The fraction of sp³-hybridized carbons (Fsp3) is 0.500. The molecule has 1 aromatic rings. The van der Waals surface area contributed by atoms with Gasteiger partial charge in [0.1, 0.15) is 6.10 Å².